The zero-order valence-corrected chi connectivity index (χ0v) is 9.82. The molecule has 0 spiro atoms. The molecule has 0 atom stereocenters. The molecule has 0 amide bonds. The molecule has 0 aromatic rings. The monoisotopic (exact) mass is 226 g/mol. The molecule has 0 bridgehead atoms. The number of hydrogen-bond acceptors (Lipinski definition) is 4. The normalized spacial score (nSPS) is 18.0. The molecule has 0 radical (unpaired) electrons. The molecule has 0 aliphatic heterocycles. The van der Waals surface area contributed by atoms with Crippen LogP contribution in [0.4, 0.5) is 0 Å². The zero-order chi connectivity index (χ0) is 12.0. The summed E-state index contributed by atoms with van der Waals surface area (Å²) in [5.74, 6) is -0.774. The first-order chi connectivity index (χ1) is 7.69. The molecular formula is C12H18O4. The Hall–Kier alpha value is -1.32. The quantitative estimate of drug-likeness (QED) is 0.544. The zero-order valence-electron chi connectivity index (χ0n) is 9.82. The summed E-state index contributed by atoms with van der Waals surface area (Å²) >= 11 is 0. The van der Waals surface area contributed by atoms with Gasteiger partial charge in [-0.3, -0.25) is 0 Å². The summed E-state index contributed by atoms with van der Waals surface area (Å²) in [5.41, 5.74) is 0.453. The van der Waals surface area contributed by atoms with E-state index < -0.39 is 11.9 Å². The van der Waals surface area contributed by atoms with Crippen molar-refractivity contribution < 1.29 is 19.1 Å². The number of carbonyl (C=O) groups excluding carboxylic acids is 2. The summed E-state index contributed by atoms with van der Waals surface area (Å²) in [7, 11) is 2.63. The van der Waals surface area contributed by atoms with Crippen LogP contribution in [0.2, 0.25) is 0 Å². The van der Waals surface area contributed by atoms with Gasteiger partial charge in [-0.25, -0.2) is 9.59 Å². The van der Waals surface area contributed by atoms with Crippen molar-refractivity contribution >= 4 is 11.9 Å². The third-order valence-corrected chi connectivity index (χ3v) is 2.94. The molecule has 16 heavy (non-hydrogen) atoms. The molecule has 1 saturated carbocycles. The average Bonchev–Trinajstić information content (AvgIpc) is 2.35. The van der Waals surface area contributed by atoms with E-state index >= 15 is 0 Å². The van der Waals surface area contributed by atoms with Gasteiger partial charge >= 0.3 is 11.9 Å². The van der Waals surface area contributed by atoms with Crippen LogP contribution in [0.5, 0.6) is 0 Å². The molecular weight excluding hydrogens is 208 g/mol. The maximum absolute atomic E-state index is 11.6. The van der Waals surface area contributed by atoms with Crippen LogP contribution in [0.15, 0.2) is 11.6 Å². The molecule has 90 valence electrons. The largest absolute Gasteiger partial charge is 0.466 e. The third kappa shape index (κ3) is 3.36. The number of ether oxygens (including phenoxy) is 2. The molecule has 0 N–H and O–H groups in total. The van der Waals surface area contributed by atoms with Gasteiger partial charge in [0.05, 0.1) is 14.2 Å². The van der Waals surface area contributed by atoms with Gasteiger partial charge in [0.15, 0.2) is 0 Å². The molecule has 0 heterocycles. The van der Waals surface area contributed by atoms with Crippen LogP contribution >= 0.6 is 0 Å². The van der Waals surface area contributed by atoms with Crippen LogP contribution in [0.25, 0.3) is 0 Å². The first-order valence-corrected chi connectivity index (χ1v) is 5.57. The Bertz CT molecular complexity index is 287. The fourth-order valence-corrected chi connectivity index (χ4v) is 2.06. The van der Waals surface area contributed by atoms with Gasteiger partial charge in [-0.05, 0) is 18.8 Å². The summed E-state index contributed by atoms with van der Waals surface area (Å²) in [6.07, 6.45) is 6.54. The SMILES string of the molecule is COC(=O)/C=C(\C(=O)OC)C1CCCCC1. The lowest BCUT2D eigenvalue weighted by molar-refractivity contribution is -0.139. The van der Waals surface area contributed by atoms with E-state index in [1.165, 1.54) is 26.7 Å². The van der Waals surface area contributed by atoms with E-state index in [9.17, 15) is 9.59 Å². The molecule has 1 aliphatic rings. The van der Waals surface area contributed by atoms with Crippen molar-refractivity contribution in [2.45, 2.75) is 32.1 Å². The second-order valence-electron chi connectivity index (χ2n) is 3.95. The molecule has 1 aliphatic carbocycles. The number of rotatable bonds is 3. The first-order valence-electron chi connectivity index (χ1n) is 5.57. The Balaban J connectivity index is 2.81. The van der Waals surface area contributed by atoms with Crippen molar-refractivity contribution in [1.82, 2.24) is 0 Å². The summed E-state index contributed by atoms with van der Waals surface area (Å²) < 4.78 is 9.24. The van der Waals surface area contributed by atoms with Crippen molar-refractivity contribution in [2.75, 3.05) is 14.2 Å². The fraction of sp³-hybridized carbons (Fsp3) is 0.667. The second-order valence-corrected chi connectivity index (χ2v) is 3.95. The van der Waals surface area contributed by atoms with Gasteiger partial charge in [0.25, 0.3) is 0 Å². The highest BCUT2D eigenvalue weighted by molar-refractivity contribution is 5.96. The number of methoxy groups -OCH3 is 2. The van der Waals surface area contributed by atoms with Crippen molar-refractivity contribution in [3.05, 3.63) is 11.6 Å². The minimum atomic E-state index is -0.494. The van der Waals surface area contributed by atoms with E-state index in [1.807, 2.05) is 0 Å². The van der Waals surface area contributed by atoms with Crippen LogP contribution < -0.4 is 0 Å². The van der Waals surface area contributed by atoms with Crippen molar-refractivity contribution in [1.29, 1.82) is 0 Å². The number of hydrogen-bond donors (Lipinski definition) is 0. The van der Waals surface area contributed by atoms with Gasteiger partial charge in [0.2, 0.25) is 0 Å². The van der Waals surface area contributed by atoms with E-state index in [0.29, 0.717) is 5.57 Å². The number of esters is 2. The summed E-state index contributed by atoms with van der Waals surface area (Å²) in [4.78, 5) is 22.7. The highest BCUT2D eigenvalue weighted by Gasteiger charge is 2.24. The van der Waals surface area contributed by atoms with Crippen LogP contribution in [0, 0.1) is 5.92 Å². The third-order valence-electron chi connectivity index (χ3n) is 2.94. The number of carbonyl (C=O) groups is 2. The lowest BCUT2D eigenvalue weighted by Gasteiger charge is -2.22. The summed E-state index contributed by atoms with van der Waals surface area (Å²) in [6.45, 7) is 0. The second kappa shape index (κ2) is 6.30. The van der Waals surface area contributed by atoms with Crippen LogP contribution in [-0.4, -0.2) is 26.2 Å². The topological polar surface area (TPSA) is 52.6 Å². The minimum Gasteiger partial charge on any atom is -0.466 e. The van der Waals surface area contributed by atoms with Crippen LogP contribution in [0.3, 0.4) is 0 Å². The molecule has 1 rings (SSSR count). The Morgan fingerprint density at radius 1 is 1.06 bits per heavy atom. The van der Waals surface area contributed by atoms with Gasteiger partial charge in [0, 0.05) is 11.6 Å². The maximum atomic E-state index is 11.6. The van der Waals surface area contributed by atoms with Gasteiger partial charge in [-0.2, -0.15) is 0 Å². The van der Waals surface area contributed by atoms with Crippen molar-refractivity contribution in [3.63, 3.8) is 0 Å². The molecule has 0 saturated heterocycles. The van der Waals surface area contributed by atoms with E-state index in [-0.39, 0.29) is 5.92 Å². The van der Waals surface area contributed by atoms with Gasteiger partial charge in [-0.1, -0.05) is 19.3 Å². The standard InChI is InChI=1S/C12H18O4/c1-15-11(13)8-10(12(14)16-2)9-6-4-3-5-7-9/h8-9H,3-7H2,1-2H3/b10-8-. The van der Waals surface area contributed by atoms with E-state index in [1.54, 1.807) is 0 Å². The van der Waals surface area contributed by atoms with E-state index in [0.717, 1.165) is 25.7 Å². The van der Waals surface area contributed by atoms with Gasteiger partial charge < -0.3 is 9.47 Å². The lowest BCUT2D eigenvalue weighted by Crippen LogP contribution is -2.19. The first kappa shape index (κ1) is 12.7. The predicted molar refractivity (Wildman–Crippen MR) is 58.7 cm³/mol. The Kier molecular flexibility index (Phi) is 5.02. The van der Waals surface area contributed by atoms with Gasteiger partial charge in [0.1, 0.15) is 0 Å². The molecule has 0 unspecified atom stereocenters. The molecule has 0 aromatic heterocycles. The molecule has 4 heteroatoms. The van der Waals surface area contributed by atoms with Crippen molar-refractivity contribution in [3.8, 4) is 0 Å². The maximum Gasteiger partial charge on any atom is 0.334 e. The Morgan fingerprint density at radius 3 is 2.19 bits per heavy atom. The molecule has 4 nitrogen and oxygen atoms in total. The predicted octanol–water partition coefficient (Wildman–Crippen LogP) is 1.84. The van der Waals surface area contributed by atoms with Crippen molar-refractivity contribution in [2.24, 2.45) is 5.92 Å². The highest BCUT2D eigenvalue weighted by Crippen LogP contribution is 2.30. The fourth-order valence-electron chi connectivity index (χ4n) is 2.06. The smallest absolute Gasteiger partial charge is 0.334 e. The molecule has 1 fully saturated rings. The Morgan fingerprint density at radius 2 is 1.69 bits per heavy atom. The van der Waals surface area contributed by atoms with E-state index in [4.69, 9.17) is 4.74 Å². The van der Waals surface area contributed by atoms with E-state index in [2.05, 4.69) is 4.74 Å². The Labute approximate surface area is 95.6 Å². The summed E-state index contributed by atoms with van der Waals surface area (Å²) in [6, 6.07) is 0. The minimum absolute atomic E-state index is 0.139. The summed E-state index contributed by atoms with van der Waals surface area (Å²) in [5, 5.41) is 0. The molecule has 0 aromatic carbocycles. The highest BCUT2D eigenvalue weighted by atomic mass is 16.5. The van der Waals surface area contributed by atoms with Crippen LogP contribution in [-0.2, 0) is 19.1 Å². The van der Waals surface area contributed by atoms with Gasteiger partial charge in [-0.15, -0.1) is 0 Å². The average molecular weight is 226 g/mol. The van der Waals surface area contributed by atoms with Crippen LogP contribution in [0.1, 0.15) is 32.1 Å². The lowest BCUT2D eigenvalue weighted by atomic mass is 9.83.